The van der Waals surface area contributed by atoms with Crippen LogP contribution in [0.4, 0.5) is 0 Å². The summed E-state index contributed by atoms with van der Waals surface area (Å²) in [6, 6.07) is 31.6. The maximum atomic E-state index is 4.68. The highest BCUT2D eigenvalue weighted by Crippen LogP contribution is 2.34. The second-order valence-corrected chi connectivity index (χ2v) is 6.14. The number of nitrogens with zero attached hydrogens (tertiary/aromatic N) is 2. The molecule has 0 N–H and O–H groups in total. The monoisotopic (exact) mass is 320 g/mol. The van der Waals surface area contributed by atoms with Crippen molar-refractivity contribution in [3.8, 4) is 22.4 Å². The van der Waals surface area contributed by atoms with E-state index in [0.717, 1.165) is 16.6 Å². The third-order valence-corrected chi connectivity index (χ3v) is 4.64. The lowest BCUT2D eigenvalue weighted by molar-refractivity contribution is 1.23. The van der Waals surface area contributed by atoms with Crippen LogP contribution in [0.1, 0.15) is 0 Å². The van der Waals surface area contributed by atoms with Gasteiger partial charge in [0.05, 0.1) is 28.4 Å². The van der Waals surface area contributed by atoms with Crippen LogP contribution in [0.3, 0.4) is 0 Å². The molecule has 0 fully saturated rings. The molecule has 5 rings (SSSR count). The Labute approximate surface area is 146 Å². The fourth-order valence-electron chi connectivity index (χ4n) is 3.48. The molecule has 0 unspecified atom stereocenters. The normalized spacial score (nSPS) is 11.2. The van der Waals surface area contributed by atoms with Crippen LogP contribution in [-0.2, 0) is 0 Å². The van der Waals surface area contributed by atoms with Gasteiger partial charge in [0.1, 0.15) is 0 Å². The fraction of sp³-hybridized carbons (Fsp3) is 0. The van der Waals surface area contributed by atoms with Gasteiger partial charge in [-0.1, -0.05) is 72.8 Å². The highest BCUT2D eigenvalue weighted by molar-refractivity contribution is 5.92. The fourth-order valence-corrected chi connectivity index (χ4v) is 3.48. The Morgan fingerprint density at radius 3 is 2.00 bits per heavy atom. The van der Waals surface area contributed by atoms with E-state index >= 15 is 0 Å². The van der Waals surface area contributed by atoms with Crippen LogP contribution in [0.25, 0.3) is 38.9 Å². The Bertz CT molecular complexity index is 1170. The van der Waals surface area contributed by atoms with E-state index in [1.807, 2.05) is 18.3 Å². The predicted molar refractivity (Wildman–Crippen MR) is 104 cm³/mol. The number of para-hydroxylation sites is 2. The third-order valence-electron chi connectivity index (χ3n) is 4.64. The molecule has 25 heavy (non-hydrogen) atoms. The van der Waals surface area contributed by atoms with E-state index in [9.17, 15) is 0 Å². The molecule has 0 aliphatic carbocycles. The Morgan fingerprint density at radius 1 is 0.600 bits per heavy atom. The first-order valence-corrected chi connectivity index (χ1v) is 8.42. The molecule has 0 aliphatic rings. The number of aromatic nitrogens is 2. The zero-order valence-electron chi connectivity index (χ0n) is 13.6. The highest BCUT2D eigenvalue weighted by Gasteiger charge is 2.14. The average molecular weight is 320 g/mol. The maximum absolute atomic E-state index is 4.68. The predicted octanol–water partition coefficient (Wildman–Crippen LogP) is 5.82. The van der Waals surface area contributed by atoms with Crippen molar-refractivity contribution in [1.29, 1.82) is 0 Å². The summed E-state index contributed by atoms with van der Waals surface area (Å²) in [5, 5.41) is 0. The SMILES string of the molecule is c1ccc(-c2cc(-c3ccccc3)n3c2cnc2ccccc23)cc1. The van der Waals surface area contributed by atoms with Gasteiger partial charge in [-0.25, -0.2) is 0 Å². The summed E-state index contributed by atoms with van der Waals surface area (Å²) >= 11 is 0. The van der Waals surface area contributed by atoms with E-state index in [-0.39, 0.29) is 0 Å². The first-order chi connectivity index (χ1) is 12.4. The zero-order valence-corrected chi connectivity index (χ0v) is 13.6. The zero-order chi connectivity index (χ0) is 16.6. The average Bonchev–Trinajstić information content (AvgIpc) is 3.09. The van der Waals surface area contributed by atoms with Crippen molar-refractivity contribution in [1.82, 2.24) is 9.38 Å². The smallest absolute Gasteiger partial charge is 0.0871 e. The van der Waals surface area contributed by atoms with Gasteiger partial charge in [0.15, 0.2) is 0 Å². The molecule has 0 radical (unpaired) electrons. The van der Waals surface area contributed by atoms with E-state index in [2.05, 4.69) is 88.2 Å². The summed E-state index contributed by atoms with van der Waals surface area (Å²) in [6.07, 6.45) is 1.98. The minimum Gasteiger partial charge on any atom is -0.306 e. The van der Waals surface area contributed by atoms with Crippen LogP contribution >= 0.6 is 0 Å². The van der Waals surface area contributed by atoms with Gasteiger partial charge in [-0.15, -0.1) is 0 Å². The molecule has 0 spiro atoms. The first-order valence-electron chi connectivity index (χ1n) is 8.42. The van der Waals surface area contributed by atoms with E-state index < -0.39 is 0 Å². The van der Waals surface area contributed by atoms with Crippen LogP contribution in [-0.4, -0.2) is 9.38 Å². The van der Waals surface area contributed by atoms with E-state index in [0.29, 0.717) is 0 Å². The van der Waals surface area contributed by atoms with Gasteiger partial charge in [0, 0.05) is 5.56 Å². The van der Waals surface area contributed by atoms with Crippen molar-refractivity contribution in [2.24, 2.45) is 0 Å². The Balaban J connectivity index is 1.94. The lowest BCUT2D eigenvalue weighted by Crippen LogP contribution is -1.93. The van der Waals surface area contributed by atoms with Crippen molar-refractivity contribution < 1.29 is 0 Å². The van der Waals surface area contributed by atoms with Crippen LogP contribution in [0.5, 0.6) is 0 Å². The number of fused-ring (bicyclic) bond motifs is 3. The minimum absolute atomic E-state index is 1.00. The Kier molecular flexibility index (Phi) is 3.14. The van der Waals surface area contributed by atoms with Gasteiger partial charge in [0.2, 0.25) is 0 Å². The number of hydrogen-bond acceptors (Lipinski definition) is 1. The first kappa shape index (κ1) is 14.0. The topological polar surface area (TPSA) is 17.3 Å². The van der Waals surface area contributed by atoms with Crippen LogP contribution in [0, 0.1) is 0 Å². The molecule has 5 aromatic rings. The lowest BCUT2D eigenvalue weighted by Gasteiger charge is -2.07. The van der Waals surface area contributed by atoms with Crippen LogP contribution in [0.2, 0.25) is 0 Å². The molecule has 0 saturated heterocycles. The molecule has 0 aliphatic heterocycles. The standard InChI is InChI=1S/C23H16N2/c1-3-9-17(10-4-1)19-15-22(18-11-5-2-6-12-18)25-21-14-8-7-13-20(21)24-16-23(19)25/h1-16H. The molecule has 0 atom stereocenters. The molecule has 118 valence electrons. The van der Waals surface area contributed by atoms with Gasteiger partial charge in [-0.05, 0) is 29.3 Å². The van der Waals surface area contributed by atoms with Crippen LogP contribution in [0.15, 0.2) is 97.2 Å². The van der Waals surface area contributed by atoms with Gasteiger partial charge >= 0.3 is 0 Å². The molecule has 0 bridgehead atoms. The summed E-state index contributed by atoms with van der Waals surface area (Å²) in [5.41, 5.74) is 8.06. The van der Waals surface area contributed by atoms with E-state index in [1.165, 1.54) is 22.4 Å². The Morgan fingerprint density at radius 2 is 1.24 bits per heavy atom. The molecular formula is C23H16N2. The highest BCUT2D eigenvalue weighted by atomic mass is 14.9. The summed E-state index contributed by atoms with van der Waals surface area (Å²) in [7, 11) is 0. The molecule has 3 aromatic carbocycles. The van der Waals surface area contributed by atoms with E-state index in [4.69, 9.17) is 0 Å². The van der Waals surface area contributed by atoms with Crippen molar-refractivity contribution in [3.05, 3.63) is 97.2 Å². The molecule has 2 heteroatoms. The van der Waals surface area contributed by atoms with Gasteiger partial charge in [-0.2, -0.15) is 0 Å². The molecular weight excluding hydrogens is 304 g/mol. The molecule has 2 nitrogen and oxygen atoms in total. The number of benzene rings is 3. The second-order valence-electron chi connectivity index (χ2n) is 6.14. The van der Waals surface area contributed by atoms with Crippen LogP contribution < -0.4 is 0 Å². The quantitative estimate of drug-likeness (QED) is 0.400. The maximum Gasteiger partial charge on any atom is 0.0871 e. The second kappa shape index (κ2) is 5.60. The van der Waals surface area contributed by atoms with Gasteiger partial charge < -0.3 is 4.40 Å². The molecule has 0 saturated carbocycles. The summed E-state index contributed by atoms with van der Waals surface area (Å²) in [6.45, 7) is 0. The van der Waals surface area contributed by atoms with Crippen molar-refractivity contribution in [2.45, 2.75) is 0 Å². The minimum atomic E-state index is 1.00. The third kappa shape index (κ3) is 2.23. The van der Waals surface area contributed by atoms with Crippen molar-refractivity contribution in [2.75, 3.05) is 0 Å². The molecule has 0 amide bonds. The van der Waals surface area contributed by atoms with E-state index in [1.54, 1.807) is 0 Å². The molecule has 2 heterocycles. The summed E-state index contributed by atoms with van der Waals surface area (Å²) in [4.78, 5) is 4.68. The largest absolute Gasteiger partial charge is 0.306 e. The van der Waals surface area contributed by atoms with Gasteiger partial charge in [-0.3, -0.25) is 4.98 Å². The summed E-state index contributed by atoms with van der Waals surface area (Å²) in [5.74, 6) is 0. The summed E-state index contributed by atoms with van der Waals surface area (Å²) < 4.78 is 2.32. The Hall–Kier alpha value is -3.39. The number of rotatable bonds is 2. The van der Waals surface area contributed by atoms with Gasteiger partial charge in [0.25, 0.3) is 0 Å². The molecule has 2 aromatic heterocycles. The van der Waals surface area contributed by atoms with Crippen molar-refractivity contribution >= 4 is 16.6 Å². The number of hydrogen-bond donors (Lipinski definition) is 0. The van der Waals surface area contributed by atoms with Crippen molar-refractivity contribution in [3.63, 3.8) is 0 Å². The lowest BCUT2D eigenvalue weighted by atomic mass is 10.1.